The smallest absolute Gasteiger partial charge is 0.437 e. The molecule has 0 saturated heterocycles. The van der Waals surface area contributed by atoms with Gasteiger partial charge in [0, 0.05) is 6.07 Å². The van der Waals surface area contributed by atoms with Crippen LogP contribution in [0.15, 0.2) is 35.4 Å². The minimum atomic E-state index is -4.94. The lowest BCUT2D eigenvalue weighted by atomic mass is 10.3. The monoisotopic (exact) mass is 301 g/mol. The minimum absolute atomic E-state index is 0.494. The van der Waals surface area contributed by atoms with Gasteiger partial charge in [0.15, 0.2) is 5.69 Å². The number of rotatable bonds is 3. The Morgan fingerprint density at radius 1 is 1.29 bits per heavy atom. The van der Waals surface area contributed by atoms with Crippen molar-refractivity contribution in [1.29, 1.82) is 0 Å². The van der Waals surface area contributed by atoms with Gasteiger partial charge in [-0.25, -0.2) is 4.98 Å². The number of nitrogens with zero attached hydrogens (tertiary/aromatic N) is 2. The van der Waals surface area contributed by atoms with Gasteiger partial charge in [-0.05, 0) is 6.07 Å². The molecular formula is C11H6F3N3O4. The molecule has 0 spiro atoms. The maximum absolute atomic E-state index is 12.8. The number of benzene rings is 1. The van der Waals surface area contributed by atoms with E-state index in [1.807, 2.05) is 4.98 Å². The molecule has 1 heterocycles. The van der Waals surface area contributed by atoms with Crippen LogP contribution in [0, 0.1) is 10.1 Å². The minimum Gasteiger partial charge on any atom is -0.442 e. The van der Waals surface area contributed by atoms with E-state index >= 15 is 0 Å². The maximum Gasteiger partial charge on any atom is 0.437 e. The van der Waals surface area contributed by atoms with Crippen LogP contribution >= 0.6 is 0 Å². The number of halogens is 3. The topological polar surface area (TPSA) is 98.1 Å². The van der Waals surface area contributed by atoms with Gasteiger partial charge in [0.1, 0.15) is 0 Å². The highest BCUT2D eigenvalue weighted by atomic mass is 19.4. The molecule has 0 fully saturated rings. The quantitative estimate of drug-likeness (QED) is 0.693. The Kier molecular flexibility index (Phi) is 3.61. The highest BCUT2D eigenvalue weighted by Gasteiger charge is 2.38. The van der Waals surface area contributed by atoms with Gasteiger partial charge in [-0.2, -0.15) is 13.2 Å². The Morgan fingerprint density at radius 3 is 2.57 bits per heavy atom. The SMILES string of the molecule is O=c1[nH]cnc(C(F)(F)F)c1Oc1ccccc1[N+](=O)[O-]. The molecule has 21 heavy (non-hydrogen) atoms. The first-order valence-electron chi connectivity index (χ1n) is 5.37. The number of nitro groups is 1. The van der Waals surface area contributed by atoms with Crippen molar-refractivity contribution in [2.24, 2.45) is 0 Å². The molecule has 110 valence electrons. The lowest BCUT2D eigenvalue weighted by Gasteiger charge is -2.11. The molecule has 0 aliphatic rings. The van der Waals surface area contributed by atoms with Crippen molar-refractivity contribution in [3.63, 3.8) is 0 Å². The largest absolute Gasteiger partial charge is 0.442 e. The molecule has 0 atom stereocenters. The third kappa shape index (κ3) is 2.99. The predicted octanol–water partition coefficient (Wildman–Crippen LogP) is 2.49. The summed E-state index contributed by atoms with van der Waals surface area (Å²) in [5.74, 6) is -1.65. The molecule has 0 radical (unpaired) electrons. The van der Waals surface area contributed by atoms with E-state index < -0.39 is 39.5 Å². The van der Waals surface area contributed by atoms with Crippen molar-refractivity contribution in [3.05, 3.63) is 56.8 Å². The summed E-state index contributed by atoms with van der Waals surface area (Å²) in [4.78, 5) is 26.3. The Bertz CT molecular complexity index is 742. The summed E-state index contributed by atoms with van der Waals surface area (Å²) in [7, 11) is 0. The van der Waals surface area contributed by atoms with Gasteiger partial charge in [-0.1, -0.05) is 12.1 Å². The van der Waals surface area contributed by atoms with Crippen molar-refractivity contribution in [3.8, 4) is 11.5 Å². The summed E-state index contributed by atoms with van der Waals surface area (Å²) in [5, 5.41) is 10.8. The summed E-state index contributed by atoms with van der Waals surface area (Å²) in [6.07, 6.45) is -4.37. The van der Waals surface area contributed by atoms with E-state index in [1.165, 1.54) is 12.1 Å². The molecule has 0 aliphatic heterocycles. The Balaban J connectivity index is 2.56. The molecule has 0 amide bonds. The van der Waals surface area contributed by atoms with Crippen molar-refractivity contribution in [1.82, 2.24) is 9.97 Å². The number of ether oxygens (including phenoxy) is 1. The zero-order valence-electron chi connectivity index (χ0n) is 10.0. The molecular weight excluding hydrogens is 295 g/mol. The van der Waals surface area contributed by atoms with Crippen LogP contribution in [-0.4, -0.2) is 14.9 Å². The van der Waals surface area contributed by atoms with E-state index in [2.05, 4.69) is 4.98 Å². The van der Waals surface area contributed by atoms with Gasteiger partial charge in [0.25, 0.3) is 5.56 Å². The van der Waals surface area contributed by atoms with Crippen LogP contribution in [0.5, 0.6) is 11.5 Å². The van der Waals surface area contributed by atoms with Crippen molar-refractivity contribution >= 4 is 5.69 Å². The second kappa shape index (κ2) is 5.23. The number of nitro benzene ring substituents is 1. The number of H-pyrrole nitrogens is 1. The number of aromatic nitrogens is 2. The van der Waals surface area contributed by atoms with Gasteiger partial charge in [-0.3, -0.25) is 14.9 Å². The van der Waals surface area contributed by atoms with Crippen LogP contribution in [0.2, 0.25) is 0 Å². The molecule has 1 N–H and O–H groups in total. The van der Waals surface area contributed by atoms with Crippen LogP contribution in [0.25, 0.3) is 0 Å². The zero-order chi connectivity index (χ0) is 15.6. The fourth-order valence-corrected chi connectivity index (χ4v) is 1.49. The van der Waals surface area contributed by atoms with Gasteiger partial charge < -0.3 is 9.72 Å². The van der Waals surface area contributed by atoms with E-state index in [9.17, 15) is 28.1 Å². The van der Waals surface area contributed by atoms with E-state index in [0.717, 1.165) is 12.1 Å². The predicted molar refractivity (Wildman–Crippen MR) is 63.0 cm³/mol. The van der Waals surface area contributed by atoms with Gasteiger partial charge in [0.2, 0.25) is 11.5 Å². The van der Waals surface area contributed by atoms with Crippen LogP contribution in [-0.2, 0) is 6.18 Å². The van der Waals surface area contributed by atoms with E-state index in [4.69, 9.17) is 4.74 Å². The first kappa shape index (κ1) is 14.5. The third-order valence-corrected chi connectivity index (χ3v) is 2.35. The lowest BCUT2D eigenvalue weighted by molar-refractivity contribution is -0.385. The summed E-state index contributed by atoms with van der Waals surface area (Å²) < 4.78 is 43.1. The molecule has 2 aromatic rings. The maximum atomic E-state index is 12.8. The first-order chi connectivity index (χ1) is 9.80. The molecule has 10 heteroatoms. The Hall–Kier alpha value is -2.91. The average molecular weight is 301 g/mol. The Morgan fingerprint density at radius 2 is 1.95 bits per heavy atom. The van der Waals surface area contributed by atoms with Crippen LogP contribution < -0.4 is 10.3 Å². The van der Waals surface area contributed by atoms with Crippen molar-refractivity contribution in [2.45, 2.75) is 6.18 Å². The number of aromatic amines is 1. The van der Waals surface area contributed by atoms with E-state index in [-0.39, 0.29) is 0 Å². The van der Waals surface area contributed by atoms with Crippen LogP contribution in [0.3, 0.4) is 0 Å². The van der Waals surface area contributed by atoms with Gasteiger partial charge in [-0.15, -0.1) is 0 Å². The van der Waals surface area contributed by atoms with E-state index in [0.29, 0.717) is 6.33 Å². The third-order valence-electron chi connectivity index (χ3n) is 2.35. The Labute approximate surface area is 114 Å². The number of para-hydroxylation sites is 2. The molecule has 0 saturated carbocycles. The van der Waals surface area contributed by atoms with Gasteiger partial charge in [0.05, 0.1) is 11.3 Å². The van der Waals surface area contributed by atoms with Crippen molar-refractivity contribution in [2.75, 3.05) is 0 Å². The number of nitrogens with one attached hydrogen (secondary N) is 1. The first-order valence-corrected chi connectivity index (χ1v) is 5.37. The summed E-state index contributed by atoms with van der Waals surface area (Å²) in [6, 6.07) is 4.74. The molecule has 7 nitrogen and oxygen atoms in total. The van der Waals surface area contributed by atoms with Crippen LogP contribution in [0.4, 0.5) is 18.9 Å². The fourth-order valence-electron chi connectivity index (χ4n) is 1.49. The average Bonchev–Trinajstić information content (AvgIpc) is 2.40. The molecule has 0 aliphatic carbocycles. The highest BCUT2D eigenvalue weighted by Crippen LogP contribution is 2.36. The second-order valence-electron chi connectivity index (χ2n) is 3.73. The molecule has 2 rings (SSSR count). The normalized spacial score (nSPS) is 11.2. The van der Waals surface area contributed by atoms with E-state index in [1.54, 1.807) is 0 Å². The van der Waals surface area contributed by atoms with Crippen LogP contribution in [0.1, 0.15) is 5.69 Å². The molecule has 1 aromatic carbocycles. The van der Waals surface area contributed by atoms with Gasteiger partial charge >= 0.3 is 11.9 Å². The highest BCUT2D eigenvalue weighted by molar-refractivity contribution is 5.48. The second-order valence-corrected chi connectivity index (χ2v) is 3.73. The summed E-state index contributed by atoms with van der Waals surface area (Å²) >= 11 is 0. The number of hydrogen-bond donors (Lipinski definition) is 1. The number of hydrogen-bond acceptors (Lipinski definition) is 5. The zero-order valence-corrected chi connectivity index (χ0v) is 10.0. The van der Waals surface area contributed by atoms with Crippen molar-refractivity contribution < 1.29 is 22.8 Å². The molecule has 1 aromatic heterocycles. The lowest BCUT2D eigenvalue weighted by Crippen LogP contribution is -2.19. The summed E-state index contributed by atoms with van der Waals surface area (Å²) in [6.45, 7) is 0. The standard InChI is InChI=1S/C11H6F3N3O4/c12-11(13,14)9-8(10(18)16-5-15-9)21-7-4-2-1-3-6(7)17(19)20/h1-5H,(H,15,16,18). The molecule has 0 unspecified atom stereocenters. The summed E-state index contributed by atoms with van der Waals surface area (Å²) in [5.41, 5.74) is -3.34. The molecule has 0 bridgehead atoms. The fraction of sp³-hybridized carbons (Fsp3) is 0.0909. The number of alkyl halides is 3.